The minimum Gasteiger partial charge on any atom is -0.354 e. The molecule has 0 spiro atoms. The molecule has 1 aromatic rings. The lowest BCUT2D eigenvalue weighted by atomic mass is 9.82. The lowest BCUT2D eigenvalue weighted by molar-refractivity contribution is -0.124. The Labute approximate surface area is 136 Å². The van der Waals surface area contributed by atoms with Crippen LogP contribution in [0.5, 0.6) is 0 Å². The number of amides is 3. The van der Waals surface area contributed by atoms with Gasteiger partial charge in [-0.3, -0.25) is 4.79 Å². The predicted octanol–water partition coefficient (Wildman–Crippen LogP) is 2.49. The van der Waals surface area contributed by atoms with Crippen molar-refractivity contribution in [3.63, 3.8) is 0 Å². The lowest BCUT2D eigenvalue weighted by Gasteiger charge is -2.33. The van der Waals surface area contributed by atoms with Crippen LogP contribution < -0.4 is 16.0 Å². The number of carbonyl (C=O) groups excluding carboxylic acids is 2. The maximum absolute atomic E-state index is 13.5. The molecule has 23 heavy (non-hydrogen) atoms. The van der Waals surface area contributed by atoms with Crippen LogP contribution in [0, 0.1) is 11.2 Å². The number of piperidine rings is 1. The van der Waals surface area contributed by atoms with Gasteiger partial charge in [-0.15, -0.1) is 0 Å². The third-order valence-corrected chi connectivity index (χ3v) is 3.91. The Balaban J connectivity index is 2.09. The molecule has 0 aromatic heterocycles. The highest BCUT2D eigenvalue weighted by atomic mass is 19.1. The Morgan fingerprint density at radius 1 is 1.39 bits per heavy atom. The summed E-state index contributed by atoms with van der Waals surface area (Å²) in [4.78, 5) is 24.0. The molecule has 3 N–H and O–H groups in total. The van der Waals surface area contributed by atoms with E-state index in [1.54, 1.807) is 12.1 Å². The van der Waals surface area contributed by atoms with Crippen LogP contribution in [0.2, 0.25) is 0 Å². The highest BCUT2D eigenvalue weighted by molar-refractivity contribution is 5.87. The fourth-order valence-corrected chi connectivity index (χ4v) is 2.73. The maximum Gasteiger partial charge on any atom is 0.315 e. The number of rotatable bonds is 3. The van der Waals surface area contributed by atoms with Gasteiger partial charge >= 0.3 is 6.03 Å². The topological polar surface area (TPSA) is 70.2 Å². The van der Waals surface area contributed by atoms with E-state index < -0.39 is 12.1 Å². The monoisotopic (exact) mass is 321 g/mol. The quantitative estimate of drug-likeness (QED) is 0.800. The zero-order chi connectivity index (χ0) is 17.0. The molecule has 0 bridgehead atoms. The van der Waals surface area contributed by atoms with Crippen LogP contribution in [0.4, 0.5) is 9.18 Å². The molecule has 126 valence electrons. The van der Waals surface area contributed by atoms with Gasteiger partial charge < -0.3 is 16.0 Å². The van der Waals surface area contributed by atoms with E-state index in [-0.39, 0.29) is 23.2 Å². The number of benzene rings is 1. The second kappa shape index (κ2) is 6.98. The summed E-state index contributed by atoms with van der Waals surface area (Å²) in [5, 5.41) is 8.30. The molecule has 0 saturated carbocycles. The number of urea groups is 1. The zero-order valence-electron chi connectivity index (χ0n) is 13.8. The average molecular weight is 321 g/mol. The van der Waals surface area contributed by atoms with Crippen LogP contribution >= 0.6 is 0 Å². The first-order chi connectivity index (χ1) is 10.8. The molecule has 1 saturated heterocycles. The van der Waals surface area contributed by atoms with Crippen molar-refractivity contribution in [3.8, 4) is 0 Å². The van der Waals surface area contributed by atoms with Crippen LogP contribution in [0.3, 0.4) is 0 Å². The summed E-state index contributed by atoms with van der Waals surface area (Å²) >= 11 is 0. The molecule has 0 aliphatic carbocycles. The SMILES string of the molecule is CC(C)(C)[C@H](NC(=O)N[C@@H]1CCCNC1=O)c1cccc(F)c1. The Morgan fingerprint density at radius 2 is 2.13 bits per heavy atom. The normalized spacial score (nSPS) is 19.7. The molecule has 2 rings (SSSR count). The van der Waals surface area contributed by atoms with Gasteiger partial charge in [-0.2, -0.15) is 0 Å². The van der Waals surface area contributed by atoms with Gasteiger partial charge in [0, 0.05) is 6.54 Å². The molecule has 5 nitrogen and oxygen atoms in total. The fraction of sp³-hybridized carbons (Fsp3) is 0.529. The van der Waals surface area contributed by atoms with E-state index in [0.29, 0.717) is 18.5 Å². The lowest BCUT2D eigenvalue weighted by Crippen LogP contribution is -2.54. The minimum absolute atomic E-state index is 0.163. The zero-order valence-corrected chi connectivity index (χ0v) is 13.8. The van der Waals surface area contributed by atoms with Gasteiger partial charge in [-0.1, -0.05) is 32.9 Å². The van der Waals surface area contributed by atoms with Gasteiger partial charge in [-0.05, 0) is 36.0 Å². The number of hydrogen-bond acceptors (Lipinski definition) is 2. The van der Waals surface area contributed by atoms with Gasteiger partial charge in [0.15, 0.2) is 0 Å². The van der Waals surface area contributed by atoms with E-state index in [2.05, 4.69) is 16.0 Å². The van der Waals surface area contributed by atoms with Crippen LogP contribution in [0.25, 0.3) is 0 Å². The number of carbonyl (C=O) groups is 2. The Morgan fingerprint density at radius 3 is 2.74 bits per heavy atom. The van der Waals surface area contributed by atoms with Crippen molar-refractivity contribution in [2.75, 3.05) is 6.54 Å². The average Bonchev–Trinajstić information content (AvgIpc) is 2.46. The van der Waals surface area contributed by atoms with Crippen molar-refractivity contribution in [2.45, 2.75) is 45.7 Å². The molecule has 1 aliphatic rings. The van der Waals surface area contributed by atoms with Gasteiger partial charge in [0.1, 0.15) is 11.9 Å². The molecule has 0 unspecified atom stereocenters. The second-order valence-electron chi connectivity index (χ2n) is 6.96. The number of nitrogens with one attached hydrogen (secondary N) is 3. The molecule has 1 aliphatic heterocycles. The molecule has 2 atom stereocenters. The van der Waals surface area contributed by atoms with Crippen molar-refractivity contribution < 1.29 is 14.0 Å². The minimum atomic E-state index is -0.517. The van der Waals surface area contributed by atoms with Crippen molar-refractivity contribution >= 4 is 11.9 Å². The van der Waals surface area contributed by atoms with Crippen molar-refractivity contribution in [1.82, 2.24) is 16.0 Å². The summed E-state index contributed by atoms with van der Waals surface area (Å²) in [7, 11) is 0. The summed E-state index contributed by atoms with van der Waals surface area (Å²) in [6.07, 6.45) is 1.46. The largest absolute Gasteiger partial charge is 0.354 e. The first-order valence-electron chi connectivity index (χ1n) is 7.87. The van der Waals surface area contributed by atoms with E-state index in [9.17, 15) is 14.0 Å². The van der Waals surface area contributed by atoms with E-state index in [0.717, 1.165) is 6.42 Å². The van der Waals surface area contributed by atoms with E-state index >= 15 is 0 Å². The smallest absolute Gasteiger partial charge is 0.315 e. The third-order valence-electron chi connectivity index (χ3n) is 3.91. The highest BCUT2D eigenvalue weighted by Crippen LogP contribution is 2.32. The van der Waals surface area contributed by atoms with Crippen molar-refractivity contribution in [2.24, 2.45) is 5.41 Å². The summed E-state index contributed by atoms with van der Waals surface area (Å²) in [5.41, 5.74) is 0.390. The fourth-order valence-electron chi connectivity index (χ4n) is 2.73. The molecule has 1 aromatic carbocycles. The van der Waals surface area contributed by atoms with Crippen molar-refractivity contribution in [1.29, 1.82) is 0 Å². The van der Waals surface area contributed by atoms with Gasteiger partial charge in [0.2, 0.25) is 5.91 Å². The Hall–Kier alpha value is -2.11. The highest BCUT2D eigenvalue weighted by Gasteiger charge is 2.30. The number of halogens is 1. The molecule has 1 fully saturated rings. The van der Waals surface area contributed by atoms with E-state index in [1.165, 1.54) is 12.1 Å². The number of hydrogen-bond donors (Lipinski definition) is 3. The van der Waals surface area contributed by atoms with Crippen molar-refractivity contribution in [3.05, 3.63) is 35.6 Å². The molecule has 3 amide bonds. The Kier molecular flexibility index (Phi) is 5.23. The van der Waals surface area contributed by atoms with Crippen LogP contribution in [0.1, 0.15) is 45.2 Å². The van der Waals surface area contributed by atoms with Crippen LogP contribution in [-0.2, 0) is 4.79 Å². The molecule has 1 heterocycles. The van der Waals surface area contributed by atoms with Crippen LogP contribution in [0.15, 0.2) is 24.3 Å². The first kappa shape index (κ1) is 17.2. The summed E-state index contributed by atoms with van der Waals surface area (Å²) in [6.45, 7) is 6.55. The third kappa shape index (κ3) is 4.68. The van der Waals surface area contributed by atoms with E-state index in [4.69, 9.17) is 0 Å². The first-order valence-corrected chi connectivity index (χ1v) is 7.87. The van der Waals surface area contributed by atoms with Gasteiger partial charge in [-0.25, -0.2) is 9.18 Å². The molecular formula is C17H24FN3O2. The molecule has 6 heteroatoms. The predicted molar refractivity (Wildman–Crippen MR) is 86.3 cm³/mol. The van der Waals surface area contributed by atoms with Gasteiger partial charge in [0.05, 0.1) is 6.04 Å². The standard InChI is InChI=1S/C17H24FN3O2/c1-17(2,3)14(11-6-4-7-12(18)10-11)21-16(23)20-13-8-5-9-19-15(13)22/h4,6-7,10,13-14H,5,8-9H2,1-3H3,(H,19,22)(H2,20,21,23)/t13-,14-/m1/s1. The summed E-state index contributed by atoms with van der Waals surface area (Å²) in [6, 6.07) is 4.89. The second-order valence-corrected chi connectivity index (χ2v) is 6.96. The van der Waals surface area contributed by atoms with Gasteiger partial charge in [0.25, 0.3) is 0 Å². The summed E-state index contributed by atoms with van der Waals surface area (Å²) < 4.78 is 13.5. The Bertz CT molecular complexity index is 583. The maximum atomic E-state index is 13.5. The van der Waals surface area contributed by atoms with E-state index in [1.807, 2.05) is 20.8 Å². The van der Waals surface area contributed by atoms with Crippen LogP contribution in [-0.4, -0.2) is 24.5 Å². The molecular weight excluding hydrogens is 297 g/mol. The summed E-state index contributed by atoms with van der Waals surface area (Å²) in [5.74, 6) is -0.505. The molecule has 0 radical (unpaired) electrons.